The van der Waals surface area contributed by atoms with E-state index in [1.165, 1.54) is 17.8 Å². The first-order valence-corrected chi connectivity index (χ1v) is 10.8. The minimum absolute atomic E-state index is 0.00243. The van der Waals surface area contributed by atoms with Crippen molar-refractivity contribution in [2.75, 3.05) is 7.11 Å². The second-order valence-electron chi connectivity index (χ2n) is 6.97. The number of aryl methyl sites for hydroxylation is 1. The van der Waals surface area contributed by atoms with Crippen molar-refractivity contribution in [3.05, 3.63) is 77.4 Å². The van der Waals surface area contributed by atoms with Crippen LogP contribution in [0.3, 0.4) is 0 Å². The average Bonchev–Trinajstić information content (AvgIpc) is 3.41. The van der Waals surface area contributed by atoms with Crippen LogP contribution in [0.5, 0.6) is 11.5 Å². The molecule has 7 nitrogen and oxygen atoms in total. The Labute approximate surface area is 191 Å². The van der Waals surface area contributed by atoms with Gasteiger partial charge in [0.15, 0.2) is 11.0 Å². The maximum Gasteiger partial charge on any atom is 0.416 e. The molecule has 0 atom stereocenters. The Balaban J connectivity index is 1.63. The quantitative estimate of drug-likeness (QED) is 0.313. The summed E-state index contributed by atoms with van der Waals surface area (Å²) < 4.78 is 57.6. The summed E-state index contributed by atoms with van der Waals surface area (Å²) in [5.41, 5.74) is 0.246. The zero-order chi connectivity index (χ0) is 23.4. The lowest BCUT2D eigenvalue weighted by Crippen LogP contribution is -2.09. The molecule has 2 aromatic heterocycles. The molecule has 33 heavy (non-hydrogen) atoms. The van der Waals surface area contributed by atoms with Gasteiger partial charge in [-0.25, -0.2) is 0 Å². The third-order valence-corrected chi connectivity index (χ3v) is 5.53. The van der Waals surface area contributed by atoms with Gasteiger partial charge in [-0.2, -0.15) is 13.2 Å². The number of hydrogen-bond donors (Lipinski definition) is 0. The maximum absolute atomic E-state index is 13.3. The third-order valence-electron chi connectivity index (χ3n) is 4.58. The van der Waals surface area contributed by atoms with E-state index in [-0.39, 0.29) is 12.3 Å². The van der Waals surface area contributed by atoms with Gasteiger partial charge in [-0.05, 0) is 49.4 Å². The van der Waals surface area contributed by atoms with E-state index in [9.17, 15) is 13.2 Å². The smallest absolute Gasteiger partial charge is 0.416 e. The summed E-state index contributed by atoms with van der Waals surface area (Å²) in [6.45, 7) is 1.80. The number of alkyl halides is 3. The van der Waals surface area contributed by atoms with Crippen LogP contribution < -0.4 is 9.47 Å². The number of nitrogens with zero attached hydrogens (tertiary/aromatic N) is 4. The summed E-state index contributed by atoms with van der Waals surface area (Å²) >= 11 is 1.27. The van der Waals surface area contributed by atoms with E-state index in [1.807, 2.05) is 0 Å². The first-order chi connectivity index (χ1) is 15.8. The topological polar surface area (TPSA) is 75.2 Å². The largest absolute Gasteiger partial charge is 0.497 e. The molecule has 0 aliphatic carbocycles. The zero-order valence-corrected chi connectivity index (χ0v) is 18.5. The molecule has 2 heterocycles. The van der Waals surface area contributed by atoms with E-state index >= 15 is 0 Å². The van der Waals surface area contributed by atoms with Crippen LogP contribution in [0.4, 0.5) is 13.2 Å². The van der Waals surface area contributed by atoms with Crippen LogP contribution in [0.25, 0.3) is 5.69 Å². The predicted octanol–water partition coefficient (Wildman–Crippen LogP) is 5.46. The van der Waals surface area contributed by atoms with Gasteiger partial charge in [0.05, 0.1) is 29.8 Å². The van der Waals surface area contributed by atoms with Gasteiger partial charge in [-0.1, -0.05) is 23.0 Å². The van der Waals surface area contributed by atoms with Gasteiger partial charge in [0, 0.05) is 6.07 Å². The molecule has 0 aliphatic heterocycles. The fourth-order valence-electron chi connectivity index (χ4n) is 3.01. The van der Waals surface area contributed by atoms with Crippen LogP contribution in [0.15, 0.2) is 64.3 Å². The molecule has 11 heteroatoms. The number of halogens is 3. The van der Waals surface area contributed by atoms with Gasteiger partial charge in [0.2, 0.25) is 0 Å². The highest BCUT2D eigenvalue weighted by Crippen LogP contribution is 2.32. The van der Waals surface area contributed by atoms with E-state index in [1.54, 1.807) is 55.0 Å². The third kappa shape index (κ3) is 5.48. The molecule has 0 saturated heterocycles. The number of rotatable bonds is 8. The summed E-state index contributed by atoms with van der Waals surface area (Å²) in [7, 11) is 1.56. The molecule has 0 saturated carbocycles. The number of benzene rings is 2. The van der Waals surface area contributed by atoms with Crippen LogP contribution in [0.1, 0.15) is 22.8 Å². The highest BCUT2D eigenvalue weighted by molar-refractivity contribution is 7.98. The molecule has 0 unspecified atom stereocenters. The fraction of sp³-hybridized carbons (Fsp3) is 0.227. The van der Waals surface area contributed by atoms with Crippen LogP contribution >= 0.6 is 11.8 Å². The second-order valence-corrected chi connectivity index (χ2v) is 7.91. The Morgan fingerprint density at radius 1 is 1.03 bits per heavy atom. The molecule has 4 aromatic rings. The highest BCUT2D eigenvalue weighted by atomic mass is 32.2. The highest BCUT2D eigenvalue weighted by Gasteiger charge is 2.31. The Hall–Kier alpha value is -3.47. The number of hydrogen-bond acceptors (Lipinski definition) is 7. The monoisotopic (exact) mass is 476 g/mol. The van der Waals surface area contributed by atoms with E-state index in [0.717, 1.165) is 17.8 Å². The van der Waals surface area contributed by atoms with E-state index in [4.69, 9.17) is 14.0 Å². The molecule has 0 fully saturated rings. The van der Waals surface area contributed by atoms with Crippen molar-refractivity contribution in [2.45, 2.75) is 30.6 Å². The van der Waals surface area contributed by atoms with Crippen LogP contribution in [-0.4, -0.2) is 27.0 Å². The lowest BCUT2D eigenvalue weighted by molar-refractivity contribution is -0.137. The molecule has 0 N–H and O–H groups in total. The number of aromatic nitrogens is 4. The van der Waals surface area contributed by atoms with Gasteiger partial charge < -0.3 is 14.0 Å². The zero-order valence-electron chi connectivity index (χ0n) is 17.7. The SMILES string of the molecule is COc1ccc(OCc2nnc(SCc3cc(C)no3)n2-c2cccc(C(F)(F)F)c2)cc1. The van der Waals surface area contributed by atoms with Crippen molar-refractivity contribution in [2.24, 2.45) is 0 Å². The summed E-state index contributed by atoms with van der Waals surface area (Å²) in [5.74, 6) is 2.59. The molecule has 0 radical (unpaired) electrons. The van der Waals surface area contributed by atoms with E-state index in [2.05, 4.69) is 15.4 Å². The Morgan fingerprint density at radius 2 is 1.79 bits per heavy atom. The normalized spacial score (nSPS) is 11.5. The van der Waals surface area contributed by atoms with Crippen molar-refractivity contribution in [3.8, 4) is 17.2 Å². The van der Waals surface area contributed by atoms with Gasteiger partial charge in [0.25, 0.3) is 0 Å². The van der Waals surface area contributed by atoms with Gasteiger partial charge in [-0.3, -0.25) is 4.57 Å². The van der Waals surface area contributed by atoms with Crippen molar-refractivity contribution >= 4 is 11.8 Å². The molecule has 0 amide bonds. The van der Waals surface area contributed by atoms with Crippen LogP contribution in [0, 0.1) is 6.92 Å². The lowest BCUT2D eigenvalue weighted by Gasteiger charge is -2.13. The van der Waals surface area contributed by atoms with Gasteiger partial charge in [0.1, 0.15) is 23.9 Å². The van der Waals surface area contributed by atoms with Crippen molar-refractivity contribution in [3.63, 3.8) is 0 Å². The van der Waals surface area contributed by atoms with Crippen LogP contribution in [-0.2, 0) is 18.5 Å². The molecule has 0 spiro atoms. The molecular formula is C22H19F3N4O3S. The Bertz CT molecular complexity index is 1220. The van der Waals surface area contributed by atoms with Crippen molar-refractivity contribution < 1.29 is 27.2 Å². The standard InChI is InChI=1S/C22H19F3N4O3S/c1-14-10-19(32-28-14)13-33-21-27-26-20(12-31-18-8-6-17(30-2)7-9-18)29(21)16-5-3-4-15(11-16)22(23,24)25/h3-11H,12-13H2,1-2H3. The molecular weight excluding hydrogens is 457 g/mol. The van der Waals surface area contributed by atoms with Crippen molar-refractivity contribution in [1.29, 1.82) is 0 Å². The number of thioether (sulfide) groups is 1. The number of methoxy groups -OCH3 is 1. The number of ether oxygens (including phenoxy) is 2. The Kier molecular flexibility index (Phi) is 6.59. The molecule has 2 aromatic carbocycles. The van der Waals surface area contributed by atoms with Crippen molar-refractivity contribution in [1.82, 2.24) is 19.9 Å². The Morgan fingerprint density at radius 3 is 2.45 bits per heavy atom. The van der Waals surface area contributed by atoms with Gasteiger partial charge in [-0.15, -0.1) is 10.2 Å². The first-order valence-electron chi connectivity index (χ1n) is 9.77. The molecule has 0 bridgehead atoms. The molecule has 4 rings (SSSR count). The molecule has 172 valence electrons. The minimum atomic E-state index is -4.48. The lowest BCUT2D eigenvalue weighted by atomic mass is 10.2. The maximum atomic E-state index is 13.3. The summed E-state index contributed by atoms with van der Waals surface area (Å²) in [5, 5.41) is 12.6. The second kappa shape index (κ2) is 9.57. The van der Waals surface area contributed by atoms with E-state index in [0.29, 0.717) is 34.0 Å². The summed E-state index contributed by atoms with van der Waals surface area (Å²) in [6.07, 6.45) is -4.48. The molecule has 0 aliphatic rings. The first kappa shape index (κ1) is 22.7. The minimum Gasteiger partial charge on any atom is -0.497 e. The summed E-state index contributed by atoms with van der Waals surface area (Å²) in [6, 6.07) is 13.7. The van der Waals surface area contributed by atoms with Gasteiger partial charge >= 0.3 is 6.18 Å². The predicted molar refractivity (Wildman–Crippen MR) is 114 cm³/mol. The van der Waals surface area contributed by atoms with Crippen LogP contribution in [0.2, 0.25) is 0 Å². The summed E-state index contributed by atoms with van der Waals surface area (Å²) in [4.78, 5) is 0. The fourth-order valence-corrected chi connectivity index (χ4v) is 3.85. The van der Waals surface area contributed by atoms with E-state index < -0.39 is 11.7 Å². The average molecular weight is 476 g/mol.